The molecule has 1 aromatic rings. The van der Waals surface area contributed by atoms with Crippen LogP contribution in [0.4, 0.5) is 4.39 Å². The Bertz CT molecular complexity index is 355. The molecule has 0 aliphatic rings. The first kappa shape index (κ1) is 13.8. The van der Waals surface area contributed by atoms with Gasteiger partial charge in [0.05, 0.1) is 5.02 Å². The Morgan fingerprint density at radius 1 is 1.25 bits per heavy atom. The van der Waals surface area contributed by atoms with E-state index in [1.807, 2.05) is 0 Å². The fourth-order valence-corrected chi connectivity index (χ4v) is 2.09. The molecule has 0 spiro atoms. The SMILES string of the molecule is CCCCC[C@@H](N)c1c(Cl)ccc(Cl)c1F. The lowest BCUT2D eigenvalue weighted by Gasteiger charge is -2.15. The van der Waals surface area contributed by atoms with Gasteiger partial charge in [-0.15, -0.1) is 0 Å². The maximum absolute atomic E-state index is 13.7. The van der Waals surface area contributed by atoms with E-state index in [0.717, 1.165) is 25.7 Å². The molecule has 1 rings (SSSR count). The van der Waals surface area contributed by atoms with Crippen molar-refractivity contribution >= 4 is 23.2 Å². The molecule has 90 valence electrons. The van der Waals surface area contributed by atoms with Crippen LogP contribution in [0.5, 0.6) is 0 Å². The molecule has 0 saturated heterocycles. The van der Waals surface area contributed by atoms with E-state index in [0.29, 0.717) is 10.6 Å². The molecule has 0 amide bonds. The van der Waals surface area contributed by atoms with Crippen molar-refractivity contribution in [1.29, 1.82) is 0 Å². The lowest BCUT2D eigenvalue weighted by Crippen LogP contribution is -2.13. The van der Waals surface area contributed by atoms with Crippen LogP contribution in [-0.2, 0) is 0 Å². The lowest BCUT2D eigenvalue weighted by atomic mass is 10.0. The molecule has 0 fully saturated rings. The number of hydrogen-bond donors (Lipinski definition) is 1. The maximum atomic E-state index is 13.7. The quantitative estimate of drug-likeness (QED) is 0.604. The van der Waals surface area contributed by atoms with E-state index in [-0.39, 0.29) is 11.1 Å². The highest BCUT2D eigenvalue weighted by molar-refractivity contribution is 6.33. The second-order valence-electron chi connectivity index (χ2n) is 3.86. The number of hydrogen-bond acceptors (Lipinski definition) is 1. The Hall–Kier alpha value is -0.310. The van der Waals surface area contributed by atoms with Gasteiger partial charge >= 0.3 is 0 Å². The van der Waals surface area contributed by atoms with Gasteiger partial charge in [-0.3, -0.25) is 0 Å². The highest BCUT2D eigenvalue weighted by atomic mass is 35.5. The summed E-state index contributed by atoms with van der Waals surface area (Å²) in [6.07, 6.45) is 3.90. The van der Waals surface area contributed by atoms with Crippen molar-refractivity contribution in [1.82, 2.24) is 0 Å². The van der Waals surface area contributed by atoms with Gasteiger partial charge in [0.25, 0.3) is 0 Å². The van der Waals surface area contributed by atoms with Crippen LogP contribution in [0.2, 0.25) is 10.0 Å². The van der Waals surface area contributed by atoms with E-state index in [2.05, 4.69) is 6.92 Å². The Balaban J connectivity index is 2.81. The van der Waals surface area contributed by atoms with Crippen molar-refractivity contribution in [3.63, 3.8) is 0 Å². The summed E-state index contributed by atoms with van der Waals surface area (Å²) >= 11 is 11.6. The fraction of sp³-hybridized carbons (Fsp3) is 0.500. The second kappa shape index (κ2) is 6.43. The monoisotopic (exact) mass is 263 g/mol. The Kier molecular flexibility index (Phi) is 5.53. The van der Waals surface area contributed by atoms with Crippen LogP contribution in [0.15, 0.2) is 12.1 Å². The largest absolute Gasteiger partial charge is 0.324 e. The van der Waals surface area contributed by atoms with Crippen LogP contribution in [0.1, 0.15) is 44.2 Å². The van der Waals surface area contributed by atoms with Gasteiger partial charge in [0.1, 0.15) is 5.82 Å². The smallest absolute Gasteiger partial charge is 0.148 e. The zero-order valence-electron chi connectivity index (χ0n) is 9.27. The third-order valence-electron chi connectivity index (χ3n) is 2.57. The summed E-state index contributed by atoms with van der Waals surface area (Å²) in [6, 6.07) is 2.65. The summed E-state index contributed by atoms with van der Waals surface area (Å²) in [5, 5.41) is 0.427. The molecule has 4 heteroatoms. The number of benzene rings is 1. The predicted molar refractivity (Wildman–Crippen MR) is 67.5 cm³/mol. The van der Waals surface area contributed by atoms with Gasteiger partial charge in [0, 0.05) is 16.6 Å². The Morgan fingerprint density at radius 3 is 2.50 bits per heavy atom. The number of rotatable bonds is 5. The average Bonchev–Trinajstić information content (AvgIpc) is 2.24. The molecule has 16 heavy (non-hydrogen) atoms. The van der Waals surface area contributed by atoms with Crippen LogP contribution in [-0.4, -0.2) is 0 Å². The molecular formula is C12H16Cl2FN. The molecule has 0 saturated carbocycles. The van der Waals surface area contributed by atoms with Gasteiger partial charge in [-0.25, -0.2) is 4.39 Å². The van der Waals surface area contributed by atoms with Crippen molar-refractivity contribution in [3.8, 4) is 0 Å². The average molecular weight is 264 g/mol. The highest BCUT2D eigenvalue weighted by Crippen LogP contribution is 2.31. The van der Waals surface area contributed by atoms with Gasteiger partial charge in [0.15, 0.2) is 0 Å². The fourth-order valence-electron chi connectivity index (χ4n) is 1.64. The minimum atomic E-state index is -0.488. The maximum Gasteiger partial charge on any atom is 0.148 e. The van der Waals surface area contributed by atoms with E-state index >= 15 is 0 Å². The van der Waals surface area contributed by atoms with Crippen molar-refractivity contribution in [2.24, 2.45) is 5.73 Å². The van der Waals surface area contributed by atoms with Crippen molar-refractivity contribution in [2.75, 3.05) is 0 Å². The van der Waals surface area contributed by atoms with E-state index in [9.17, 15) is 4.39 Å². The molecule has 0 unspecified atom stereocenters. The van der Waals surface area contributed by atoms with E-state index < -0.39 is 5.82 Å². The zero-order valence-corrected chi connectivity index (χ0v) is 10.8. The number of halogens is 3. The van der Waals surface area contributed by atoms with Crippen molar-refractivity contribution in [2.45, 2.75) is 38.6 Å². The summed E-state index contributed by atoms with van der Waals surface area (Å²) in [5.41, 5.74) is 6.26. The molecule has 0 aliphatic carbocycles. The topological polar surface area (TPSA) is 26.0 Å². The molecule has 0 aliphatic heterocycles. The first-order valence-electron chi connectivity index (χ1n) is 5.46. The number of nitrogens with two attached hydrogens (primary N) is 1. The van der Waals surface area contributed by atoms with Gasteiger partial charge in [-0.1, -0.05) is 49.4 Å². The van der Waals surface area contributed by atoms with Crippen LogP contribution < -0.4 is 5.73 Å². The second-order valence-corrected chi connectivity index (χ2v) is 4.67. The highest BCUT2D eigenvalue weighted by Gasteiger charge is 2.17. The van der Waals surface area contributed by atoms with E-state index in [4.69, 9.17) is 28.9 Å². The molecule has 1 atom stereocenters. The van der Waals surface area contributed by atoms with Crippen LogP contribution >= 0.6 is 23.2 Å². The first-order chi connectivity index (χ1) is 7.57. The third kappa shape index (κ3) is 3.34. The third-order valence-corrected chi connectivity index (χ3v) is 3.19. The van der Waals surface area contributed by atoms with Gasteiger partial charge in [-0.2, -0.15) is 0 Å². The van der Waals surface area contributed by atoms with E-state index in [1.54, 1.807) is 6.07 Å². The predicted octanol–water partition coefficient (Wildman–Crippen LogP) is 4.71. The van der Waals surface area contributed by atoms with Gasteiger partial charge in [0.2, 0.25) is 0 Å². The van der Waals surface area contributed by atoms with Gasteiger partial charge in [-0.05, 0) is 18.6 Å². The molecule has 0 aromatic heterocycles. The summed E-state index contributed by atoms with van der Waals surface area (Å²) < 4.78 is 13.7. The minimum absolute atomic E-state index is 0.0744. The number of unbranched alkanes of at least 4 members (excludes halogenated alkanes) is 2. The first-order valence-corrected chi connectivity index (χ1v) is 6.22. The molecule has 0 bridgehead atoms. The van der Waals surface area contributed by atoms with Crippen molar-refractivity contribution in [3.05, 3.63) is 33.6 Å². The summed E-state index contributed by atoms with van der Waals surface area (Å²) in [4.78, 5) is 0. The normalized spacial score (nSPS) is 12.8. The van der Waals surface area contributed by atoms with Gasteiger partial charge < -0.3 is 5.73 Å². The summed E-state index contributed by atoms with van der Waals surface area (Å²) in [5.74, 6) is -0.488. The zero-order chi connectivity index (χ0) is 12.1. The van der Waals surface area contributed by atoms with Crippen LogP contribution in [0.25, 0.3) is 0 Å². The molecule has 0 heterocycles. The Labute approximate surface area is 106 Å². The molecule has 1 nitrogen and oxygen atoms in total. The molecule has 2 N–H and O–H groups in total. The van der Waals surface area contributed by atoms with Crippen molar-refractivity contribution < 1.29 is 4.39 Å². The molecule has 0 radical (unpaired) electrons. The lowest BCUT2D eigenvalue weighted by molar-refractivity contribution is 0.539. The van der Waals surface area contributed by atoms with E-state index in [1.165, 1.54) is 6.07 Å². The molecule has 1 aromatic carbocycles. The molecular weight excluding hydrogens is 248 g/mol. The van der Waals surface area contributed by atoms with Crippen LogP contribution in [0, 0.1) is 5.82 Å². The summed E-state index contributed by atoms with van der Waals surface area (Å²) in [6.45, 7) is 2.11. The van der Waals surface area contributed by atoms with Crippen LogP contribution in [0.3, 0.4) is 0 Å². The minimum Gasteiger partial charge on any atom is -0.324 e. The summed E-state index contributed by atoms with van der Waals surface area (Å²) in [7, 11) is 0. The Morgan fingerprint density at radius 2 is 1.88 bits per heavy atom. The standard InChI is InChI=1S/C12H16Cl2FN/c1-2-3-4-5-10(16)11-8(13)6-7-9(14)12(11)15/h6-7,10H,2-5,16H2,1H3/t10-/m1/s1.